The summed E-state index contributed by atoms with van der Waals surface area (Å²) in [6, 6.07) is 5.23. The number of hydrogen-bond donors (Lipinski definition) is 1. The van der Waals surface area contributed by atoms with Gasteiger partial charge in [0.2, 0.25) is 10.0 Å². The zero-order valence-electron chi connectivity index (χ0n) is 12.5. The molecule has 1 fully saturated rings. The monoisotopic (exact) mass is 297 g/mol. The minimum atomic E-state index is -3.52. The minimum Gasteiger partial charge on any atom is -0.396 e. The minimum absolute atomic E-state index is 0.00855. The summed E-state index contributed by atoms with van der Waals surface area (Å²) in [6.45, 7) is 5.22. The van der Waals surface area contributed by atoms with Gasteiger partial charge in [0.15, 0.2) is 0 Å². The fourth-order valence-corrected chi connectivity index (χ4v) is 3.77. The Labute approximate surface area is 121 Å². The summed E-state index contributed by atoms with van der Waals surface area (Å²) in [7, 11) is -0.485. The summed E-state index contributed by atoms with van der Waals surface area (Å²) in [5.41, 5.74) is 7.33. The van der Waals surface area contributed by atoms with Crippen LogP contribution in [0.5, 0.6) is 0 Å². The van der Waals surface area contributed by atoms with Gasteiger partial charge in [0.05, 0.1) is 11.4 Å². The van der Waals surface area contributed by atoms with E-state index >= 15 is 0 Å². The molecule has 1 saturated heterocycles. The molecule has 1 aromatic rings. The highest BCUT2D eigenvalue weighted by molar-refractivity contribution is 7.89. The zero-order valence-corrected chi connectivity index (χ0v) is 13.4. The summed E-state index contributed by atoms with van der Waals surface area (Å²) in [5, 5.41) is 0. The van der Waals surface area contributed by atoms with E-state index in [1.54, 1.807) is 12.1 Å². The van der Waals surface area contributed by atoms with Gasteiger partial charge in [-0.1, -0.05) is 6.07 Å². The SMILES string of the molecule is CN(C)S(=O)(=O)c1cccc(N2CCCC2(C)C)c1N. The van der Waals surface area contributed by atoms with Crippen LogP contribution in [0.2, 0.25) is 0 Å². The second-order valence-corrected chi connectivity index (χ2v) is 8.16. The van der Waals surface area contributed by atoms with Crippen LogP contribution in [-0.4, -0.2) is 38.9 Å². The van der Waals surface area contributed by atoms with Crippen molar-refractivity contribution in [2.24, 2.45) is 0 Å². The third-order valence-corrected chi connectivity index (χ3v) is 5.87. The van der Waals surface area contributed by atoms with Gasteiger partial charge in [-0.3, -0.25) is 0 Å². The van der Waals surface area contributed by atoms with Crippen LogP contribution in [0.1, 0.15) is 26.7 Å². The molecule has 2 rings (SSSR count). The predicted molar refractivity (Wildman–Crippen MR) is 82.4 cm³/mol. The molecule has 1 aromatic carbocycles. The first-order valence-corrected chi connectivity index (χ1v) is 8.20. The Morgan fingerprint density at radius 1 is 1.30 bits per heavy atom. The Balaban J connectivity index is 2.54. The molecular formula is C14H23N3O2S. The van der Waals surface area contributed by atoms with Gasteiger partial charge in [-0.2, -0.15) is 0 Å². The van der Waals surface area contributed by atoms with Crippen molar-refractivity contribution in [1.29, 1.82) is 0 Å². The molecule has 1 aliphatic rings. The predicted octanol–water partition coefficient (Wildman–Crippen LogP) is 1.90. The average molecular weight is 297 g/mol. The van der Waals surface area contributed by atoms with Crippen molar-refractivity contribution in [2.45, 2.75) is 37.1 Å². The van der Waals surface area contributed by atoms with Gasteiger partial charge in [-0.05, 0) is 38.8 Å². The second-order valence-electron chi connectivity index (χ2n) is 6.04. The number of nitrogens with zero attached hydrogens (tertiary/aromatic N) is 2. The van der Waals surface area contributed by atoms with Crippen LogP contribution in [0.3, 0.4) is 0 Å². The van der Waals surface area contributed by atoms with E-state index in [-0.39, 0.29) is 10.4 Å². The maximum absolute atomic E-state index is 12.3. The first-order chi connectivity index (χ1) is 9.18. The van der Waals surface area contributed by atoms with Gasteiger partial charge in [-0.25, -0.2) is 12.7 Å². The zero-order chi connectivity index (χ0) is 15.1. The van der Waals surface area contributed by atoms with Crippen LogP contribution in [0.4, 0.5) is 11.4 Å². The molecule has 0 spiro atoms. The summed E-state index contributed by atoms with van der Waals surface area (Å²) in [6.07, 6.45) is 2.17. The average Bonchev–Trinajstić information content (AvgIpc) is 2.68. The highest BCUT2D eigenvalue weighted by atomic mass is 32.2. The van der Waals surface area contributed by atoms with Crippen molar-refractivity contribution in [2.75, 3.05) is 31.3 Å². The Hall–Kier alpha value is -1.27. The lowest BCUT2D eigenvalue weighted by molar-refractivity contribution is 0.515. The van der Waals surface area contributed by atoms with E-state index in [0.29, 0.717) is 5.69 Å². The van der Waals surface area contributed by atoms with Crippen LogP contribution in [0, 0.1) is 0 Å². The summed E-state index contributed by atoms with van der Waals surface area (Å²) < 4.78 is 25.8. The Kier molecular flexibility index (Phi) is 3.73. The van der Waals surface area contributed by atoms with Gasteiger partial charge in [0.1, 0.15) is 4.90 Å². The molecule has 0 unspecified atom stereocenters. The maximum Gasteiger partial charge on any atom is 0.244 e. The standard InChI is InChI=1S/C14H23N3O2S/c1-14(2)9-6-10-17(14)11-7-5-8-12(13(11)15)20(18,19)16(3)4/h5,7-8H,6,9-10,15H2,1-4H3. The molecule has 2 N–H and O–H groups in total. The van der Waals surface area contributed by atoms with Gasteiger partial charge < -0.3 is 10.6 Å². The van der Waals surface area contributed by atoms with Crippen LogP contribution in [0.15, 0.2) is 23.1 Å². The van der Waals surface area contributed by atoms with Gasteiger partial charge >= 0.3 is 0 Å². The molecule has 6 heteroatoms. The molecule has 1 aliphatic heterocycles. The van der Waals surface area contributed by atoms with E-state index in [9.17, 15) is 8.42 Å². The first-order valence-electron chi connectivity index (χ1n) is 6.76. The number of benzene rings is 1. The van der Waals surface area contributed by atoms with Crippen molar-refractivity contribution >= 4 is 21.4 Å². The van der Waals surface area contributed by atoms with Crippen molar-refractivity contribution in [3.05, 3.63) is 18.2 Å². The Morgan fingerprint density at radius 3 is 2.45 bits per heavy atom. The number of nitrogens with two attached hydrogens (primary N) is 1. The summed E-state index contributed by atoms with van der Waals surface area (Å²) in [5.74, 6) is 0. The van der Waals surface area contributed by atoms with Crippen LogP contribution in [-0.2, 0) is 10.0 Å². The molecule has 112 valence electrons. The van der Waals surface area contributed by atoms with Gasteiger partial charge in [0.25, 0.3) is 0 Å². The number of nitrogen functional groups attached to an aromatic ring is 1. The normalized spacial score (nSPS) is 18.8. The van der Waals surface area contributed by atoms with E-state index in [1.165, 1.54) is 18.4 Å². The Morgan fingerprint density at radius 2 is 1.95 bits per heavy atom. The lowest BCUT2D eigenvalue weighted by atomic mass is 10.0. The summed E-state index contributed by atoms with van der Waals surface area (Å²) in [4.78, 5) is 2.39. The fraction of sp³-hybridized carbons (Fsp3) is 0.571. The van der Waals surface area contributed by atoms with Crippen LogP contribution >= 0.6 is 0 Å². The molecule has 0 atom stereocenters. The van der Waals surface area contributed by atoms with E-state index < -0.39 is 10.0 Å². The van der Waals surface area contributed by atoms with Crippen molar-refractivity contribution in [3.8, 4) is 0 Å². The topological polar surface area (TPSA) is 66.6 Å². The smallest absolute Gasteiger partial charge is 0.244 e. The van der Waals surface area contributed by atoms with E-state index in [2.05, 4.69) is 18.7 Å². The first kappa shape index (κ1) is 15.1. The quantitative estimate of drug-likeness (QED) is 0.865. The van der Waals surface area contributed by atoms with E-state index in [4.69, 9.17) is 5.73 Å². The van der Waals surface area contributed by atoms with Crippen molar-refractivity contribution < 1.29 is 8.42 Å². The highest BCUT2D eigenvalue weighted by Crippen LogP contribution is 2.39. The van der Waals surface area contributed by atoms with Gasteiger partial charge in [0, 0.05) is 26.2 Å². The summed E-state index contributed by atoms with van der Waals surface area (Å²) >= 11 is 0. The molecule has 0 bridgehead atoms. The number of para-hydroxylation sites is 1. The van der Waals surface area contributed by atoms with Crippen molar-refractivity contribution in [3.63, 3.8) is 0 Å². The number of anilines is 2. The molecule has 20 heavy (non-hydrogen) atoms. The molecule has 0 radical (unpaired) electrons. The lowest BCUT2D eigenvalue weighted by Crippen LogP contribution is -2.38. The number of sulfonamides is 1. The van der Waals surface area contributed by atoms with Crippen LogP contribution in [0.25, 0.3) is 0 Å². The molecule has 5 nitrogen and oxygen atoms in total. The second kappa shape index (κ2) is 4.93. The molecule has 0 saturated carbocycles. The van der Waals surface area contributed by atoms with E-state index in [1.807, 2.05) is 6.07 Å². The molecule has 0 amide bonds. The number of hydrogen-bond acceptors (Lipinski definition) is 4. The molecule has 0 aromatic heterocycles. The lowest BCUT2D eigenvalue weighted by Gasteiger charge is -2.35. The largest absolute Gasteiger partial charge is 0.396 e. The molecule has 0 aliphatic carbocycles. The third-order valence-electron chi connectivity index (χ3n) is 3.99. The molecular weight excluding hydrogens is 274 g/mol. The van der Waals surface area contributed by atoms with E-state index in [0.717, 1.165) is 25.1 Å². The third kappa shape index (κ3) is 2.38. The van der Waals surface area contributed by atoms with Crippen molar-refractivity contribution in [1.82, 2.24) is 4.31 Å². The van der Waals surface area contributed by atoms with Gasteiger partial charge in [-0.15, -0.1) is 0 Å². The highest BCUT2D eigenvalue weighted by Gasteiger charge is 2.34. The molecule has 1 heterocycles. The Bertz CT molecular complexity index is 609. The fourth-order valence-electron chi connectivity index (χ4n) is 2.74. The number of rotatable bonds is 3. The maximum atomic E-state index is 12.3. The van der Waals surface area contributed by atoms with Crippen LogP contribution < -0.4 is 10.6 Å².